The first-order valence-corrected chi connectivity index (χ1v) is 19.6. The van der Waals surface area contributed by atoms with Crippen molar-refractivity contribution in [1.29, 1.82) is 0 Å². The second-order valence-electron chi connectivity index (χ2n) is 15.4. The van der Waals surface area contributed by atoms with Crippen LogP contribution in [0.5, 0.6) is 0 Å². The molecule has 0 radical (unpaired) electrons. The summed E-state index contributed by atoms with van der Waals surface area (Å²) in [4.78, 5) is 0. The molecule has 0 saturated heterocycles. The Hall–Kier alpha value is -6.24. The highest BCUT2D eigenvalue weighted by Crippen LogP contribution is 2.47. The molecule has 256 valence electrons. The summed E-state index contributed by atoms with van der Waals surface area (Å²) in [5.74, 6) is 0.668. The minimum absolute atomic E-state index is 0.293. The molecule has 2 aliphatic carbocycles. The molecule has 11 rings (SSSR count). The number of hydrogen-bond acceptors (Lipinski definition) is 0. The lowest BCUT2D eigenvalue weighted by atomic mass is 9.82. The van der Waals surface area contributed by atoms with E-state index in [1.807, 2.05) is 0 Å². The molecule has 9 aromatic carbocycles. The smallest absolute Gasteiger partial charge is 0.00988 e. The first-order valence-electron chi connectivity index (χ1n) is 19.6. The summed E-state index contributed by atoms with van der Waals surface area (Å²) < 4.78 is 0. The van der Waals surface area contributed by atoms with Crippen molar-refractivity contribution in [1.82, 2.24) is 0 Å². The quantitative estimate of drug-likeness (QED) is 0.162. The van der Waals surface area contributed by atoms with Crippen LogP contribution in [0.2, 0.25) is 0 Å². The SMILES string of the molecule is c1ccc(C2CCc3ccccc3-c3cc(-c4ccc5c(c4)-c4ccccc4CCC5c4ccc5c6ccccc6c6ccccc6c5c4)ccc32)cc1. The van der Waals surface area contributed by atoms with Crippen molar-refractivity contribution >= 4 is 32.3 Å². The van der Waals surface area contributed by atoms with Crippen LogP contribution in [-0.2, 0) is 12.8 Å². The second-order valence-corrected chi connectivity index (χ2v) is 15.4. The van der Waals surface area contributed by atoms with E-state index in [-0.39, 0.29) is 0 Å². The third-order valence-electron chi connectivity index (χ3n) is 12.6. The zero-order chi connectivity index (χ0) is 35.6. The minimum atomic E-state index is 0.293. The molecule has 2 aliphatic rings. The molecule has 0 fully saturated rings. The first kappa shape index (κ1) is 31.3. The monoisotopic (exact) mass is 688 g/mol. The summed E-state index contributed by atoms with van der Waals surface area (Å²) in [5, 5.41) is 8.00. The molecular formula is C54H40. The minimum Gasteiger partial charge on any atom is -0.0622 e. The van der Waals surface area contributed by atoms with E-state index in [0.717, 1.165) is 25.7 Å². The van der Waals surface area contributed by atoms with Crippen molar-refractivity contribution in [3.63, 3.8) is 0 Å². The largest absolute Gasteiger partial charge is 0.0622 e. The van der Waals surface area contributed by atoms with Crippen molar-refractivity contribution in [2.75, 3.05) is 0 Å². The lowest BCUT2D eigenvalue weighted by molar-refractivity contribution is 0.726. The van der Waals surface area contributed by atoms with Gasteiger partial charge in [0.2, 0.25) is 0 Å². The summed E-state index contributed by atoms with van der Waals surface area (Å²) in [6.45, 7) is 0. The number of hydrogen-bond donors (Lipinski definition) is 0. The fraction of sp³-hybridized carbons (Fsp3) is 0.111. The van der Waals surface area contributed by atoms with Crippen LogP contribution in [0.1, 0.15) is 58.1 Å². The van der Waals surface area contributed by atoms with Gasteiger partial charge in [0.15, 0.2) is 0 Å². The maximum atomic E-state index is 2.51. The predicted molar refractivity (Wildman–Crippen MR) is 228 cm³/mol. The van der Waals surface area contributed by atoms with Crippen LogP contribution in [0.25, 0.3) is 65.7 Å². The Balaban J connectivity index is 1.07. The van der Waals surface area contributed by atoms with Crippen molar-refractivity contribution in [3.8, 4) is 33.4 Å². The van der Waals surface area contributed by atoms with Crippen molar-refractivity contribution < 1.29 is 0 Å². The Morgan fingerprint density at radius 2 is 0.741 bits per heavy atom. The zero-order valence-electron chi connectivity index (χ0n) is 30.3. The third-order valence-corrected chi connectivity index (χ3v) is 12.6. The number of fused-ring (bicyclic) bond motifs is 12. The van der Waals surface area contributed by atoms with Crippen molar-refractivity contribution in [3.05, 3.63) is 215 Å². The number of rotatable bonds is 3. The molecule has 0 amide bonds. The Morgan fingerprint density at radius 3 is 1.30 bits per heavy atom. The maximum absolute atomic E-state index is 2.51. The van der Waals surface area contributed by atoms with Crippen LogP contribution in [0, 0.1) is 0 Å². The molecule has 0 bridgehead atoms. The lowest BCUT2D eigenvalue weighted by Gasteiger charge is -2.22. The molecule has 2 unspecified atom stereocenters. The van der Waals surface area contributed by atoms with Gasteiger partial charge in [-0.2, -0.15) is 0 Å². The average molecular weight is 689 g/mol. The fourth-order valence-corrected chi connectivity index (χ4v) is 9.98. The molecule has 9 aromatic rings. The summed E-state index contributed by atoms with van der Waals surface area (Å²) in [6.07, 6.45) is 4.33. The van der Waals surface area contributed by atoms with Crippen LogP contribution in [0.3, 0.4) is 0 Å². The topological polar surface area (TPSA) is 0 Å². The molecule has 0 aliphatic heterocycles. The van der Waals surface area contributed by atoms with Gasteiger partial charge in [0.1, 0.15) is 0 Å². The van der Waals surface area contributed by atoms with Crippen LogP contribution in [0.4, 0.5) is 0 Å². The average Bonchev–Trinajstić information content (AvgIpc) is 3.52. The van der Waals surface area contributed by atoms with Gasteiger partial charge in [-0.25, -0.2) is 0 Å². The van der Waals surface area contributed by atoms with E-state index in [9.17, 15) is 0 Å². The molecule has 0 spiro atoms. The Kier molecular flexibility index (Phi) is 7.37. The molecule has 54 heavy (non-hydrogen) atoms. The van der Waals surface area contributed by atoms with Gasteiger partial charge in [0.25, 0.3) is 0 Å². The maximum Gasteiger partial charge on any atom is 0.00988 e. The van der Waals surface area contributed by atoms with Crippen LogP contribution in [-0.4, -0.2) is 0 Å². The van der Waals surface area contributed by atoms with E-state index >= 15 is 0 Å². The summed E-state index contributed by atoms with van der Waals surface area (Å²) in [5.41, 5.74) is 16.6. The van der Waals surface area contributed by atoms with Gasteiger partial charge in [-0.3, -0.25) is 0 Å². The van der Waals surface area contributed by atoms with Crippen LogP contribution >= 0.6 is 0 Å². The molecule has 0 saturated carbocycles. The molecule has 0 heterocycles. The molecule has 2 atom stereocenters. The summed E-state index contributed by atoms with van der Waals surface area (Å²) in [7, 11) is 0. The molecule has 0 heteroatoms. The highest BCUT2D eigenvalue weighted by Gasteiger charge is 2.27. The van der Waals surface area contributed by atoms with Crippen molar-refractivity contribution in [2.24, 2.45) is 0 Å². The Bertz CT molecular complexity index is 2860. The van der Waals surface area contributed by atoms with Gasteiger partial charge in [-0.1, -0.05) is 164 Å². The number of benzene rings is 9. The normalized spacial score (nSPS) is 16.2. The summed E-state index contributed by atoms with van der Waals surface area (Å²) >= 11 is 0. The molecule has 0 nitrogen and oxygen atoms in total. The lowest BCUT2D eigenvalue weighted by Crippen LogP contribution is -2.03. The first-order chi connectivity index (χ1) is 26.8. The molecule has 0 aromatic heterocycles. The second kappa shape index (κ2) is 12.7. The van der Waals surface area contributed by atoms with E-state index < -0.39 is 0 Å². The van der Waals surface area contributed by atoms with Gasteiger partial charge in [0, 0.05) is 11.8 Å². The van der Waals surface area contributed by atoms with Gasteiger partial charge in [-0.05, 0) is 143 Å². The van der Waals surface area contributed by atoms with E-state index in [1.165, 1.54) is 99.1 Å². The van der Waals surface area contributed by atoms with Crippen LogP contribution < -0.4 is 0 Å². The highest BCUT2D eigenvalue weighted by atomic mass is 14.3. The predicted octanol–water partition coefficient (Wildman–Crippen LogP) is 14.3. The van der Waals surface area contributed by atoms with E-state index in [0.29, 0.717) is 11.8 Å². The van der Waals surface area contributed by atoms with Gasteiger partial charge in [-0.15, -0.1) is 0 Å². The van der Waals surface area contributed by atoms with Crippen LogP contribution in [0.15, 0.2) is 182 Å². The van der Waals surface area contributed by atoms with Gasteiger partial charge in [0.05, 0.1) is 0 Å². The molecular weight excluding hydrogens is 649 g/mol. The van der Waals surface area contributed by atoms with E-state index in [4.69, 9.17) is 0 Å². The van der Waals surface area contributed by atoms with Gasteiger partial charge < -0.3 is 0 Å². The third kappa shape index (κ3) is 5.05. The van der Waals surface area contributed by atoms with E-state index in [2.05, 4.69) is 182 Å². The Morgan fingerprint density at radius 1 is 0.296 bits per heavy atom. The zero-order valence-corrected chi connectivity index (χ0v) is 30.3. The molecule has 0 N–H and O–H groups in total. The van der Waals surface area contributed by atoms with E-state index in [1.54, 1.807) is 0 Å². The standard InChI is InChI=1S/C54H40/c1-2-12-35(13-3-1)43-27-22-36-14-4-6-16-41(36)52-32-38(24-29-49(43)52)39-25-30-50-44(28-23-37-15-5-7-17-42(37)53(50)33-39)40-26-31-51-47-20-9-8-18-45(47)46-19-10-11-21-48(46)54(51)34-40/h1-21,24-26,29-34,43-44H,22-23,27-28H2. The Labute approximate surface area is 317 Å². The fourth-order valence-electron chi connectivity index (χ4n) is 9.98. The number of aryl methyl sites for hydroxylation is 2. The summed E-state index contributed by atoms with van der Waals surface area (Å²) in [6, 6.07) is 69.1. The van der Waals surface area contributed by atoms with Gasteiger partial charge >= 0.3 is 0 Å². The highest BCUT2D eigenvalue weighted by molar-refractivity contribution is 6.25. The van der Waals surface area contributed by atoms with Crippen molar-refractivity contribution in [2.45, 2.75) is 37.5 Å².